The van der Waals surface area contributed by atoms with Crippen molar-refractivity contribution in [3.63, 3.8) is 0 Å². The Labute approximate surface area is 141 Å². The number of rotatable bonds is 6. The van der Waals surface area contributed by atoms with Gasteiger partial charge in [0.25, 0.3) is 0 Å². The van der Waals surface area contributed by atoms with Crippen LogP contribution in [0, 0.1) is 5.82 Å². The molecule has 1 heterocycles. The topological polar surface area (TPSA) is 54.7 Å². The molecule has 1 atom stereocenters. The number of benzene rings is 1. The van der Waals surface area contributed by atoms with Gasteiger partial charge in [0.2, 0.25) is 0 Å². The summed E-state index contributed by atoms with van der Waals surface area (Å²) in [6, 6.07) is 6.14. The number of guanidine groups is 1. The van der Waals surface area contributed by atoms with Crippen LogP contribution in [0.1, 0.15) is 12.5 Å². The van der Waals surface area contributed by atoms with E-state index in [1.54, 1.807) is 23.9 Å². The van der Waals surface area contributed by atoms with Crippen LogP contribution in [-0.4, -0.2) is 47.4 Å². The van der Waals surface area contributed by atoms with Crippen LogP contribution < -0.4 is 10.1 Å². The van der Waals surface area contributed by atoms with Gasteiger partial charge in [-0.2, -0.15) is 5.10 Å². The minimum atomic E-state index is -0.306. The van der Waals surface area contributed by atoms with Gasteiger partial charge in [0, 0.05) is 45.5 Å². The predicted molar refractivity (Wildman–Crippen MR) is 92.5 cm³/mol. The molecule has 130 valence electrons. The summed E-state index contributed by atoms with van der Waals surface area (Å²) in [5, 5.41) is 7.42. The third kappa shape index (κ3) is 5.26. The minimum Gasteiger partial charge on any atom is -0.489 e. The van der Waals surface area contributed by atoms with Crippen molar-refractivity contribution in [2.75, 3.05) is 20.6 Å². The highest BCUT2D eigenvalue weighted by molar-refractivity contribution is 5.79. The number of halogens is 1. The van der Waals surface area contributed by atoms with Crippen molar-refractivity contribution in [3.8, 4) is 5.75 Å². The van der Waals surface area contributed by atoms with Gasteiger partial charge < -0.3 is 15.0 Å². The lowest BCUT2D eigenvalue weighted by molar-refractivity contribution is 0.221. The third-order valence-electron chi connectivity index (χ3n) is 3.43. The molecular weight excluding hydrogens is 309 g/mol. The van der Waals surface area contributed by atoms with Gasteiger partial charge in [-0.05, 0) is 19.1 Å². The molecule has 0 amide bonds. The third-order valence-corrected chi connectivity index (χ3v) is 3.43. The van der Waals surface area contributed by atoms with Crippen molar-refractivity contribution < 1.29 is 9.13 Å². The lowest BCUT2D eigenvalue weighted by Crippen LogP contribution is -2.42. The van der Waals surface area contributed by atoms with Crippen molar-refractivity contribution in [3.05, 3.63) is 48.0 Å². The van der Waals surface area contributed by atoms with Crippen molar-refractivity contribution in [1.82, 2.24) is 20.0 Å². The number of aliphatic imine (C=N–C) groups is 1. The molecule has 0 fully saturated rings. The highest BCUT2D eigenvalue weighted by atomic mass is 19.1. The quantitative estimate of drug-likeness (QED) is 0.649. The molecule has 6 nitrogen and oxygen atoms in total. The van der Waals surface area contributed by atoms with Crippen LogP contribution >= 0.6 is 0 Å². The van der Waals surface area contributed by atoms with E-state index >= 15 is 0 Å². The number of hydrogen-bond donors (Lipinski definition) is 1. The number of nitrogens with zero attached hydrogens (tertiary/aromatic N) is 4. The molecule has 0 aliphatic rings. The van der Waals surface area contributed by atoms with E-state index in [0.29, 0.717) is 18.8 Å². The largest absolute Gasteiger partial charge is 0.489 e. The van der Waals surface area contributed by atoms with Gasteiger partial charge in [-0.3, -0.25) is 9.67 Å². The van der Waals surface area contributed by atoms with Crippen LogP contribution in [0.3, 0.4) is 0 Å². The second kappa shape index (κ2) is 8.33. The molecule has 0 aliphatic heterocycles. The number of hydrogen-bond acceptors (Lipinski definition) is 3. The van der Waals surface area contributed by atoms with Crippen LogP contribution in [0.5, 0.6) is 5.75 Å². The Balaban J connectivity index is 1.84. The smallest absolute Gasteiger partial charge is 0.193 e. The van der Waals surface area contributed by atoms with E-state index in [9.17, 15) is 4.39 Å². The minimum absolute atomic E-state index is 0.129. The Bertz CT molecular complexity index is 685. The molecule has 0 spiro atoms. The summed E-state index contributed by atoms with van der Waals surface area (Å²) < 4.78 is 20.6. The molecule has 1 unspecified atom stereocenters. The molecule has 7 heteroatoms. The normalized spacial score (nSPS) is 12.8. The van der Waals surface area contributed by atoms with Crippen LogP contribution in [0.15, 0.2) is 41.7 Å². The van der Waals surface area contributed by atoms with E-state index in [-0.39, 0.29) is 11.9 Å². The second-order valence-corrected chi connectivity index (χ2v) is 5.69. The number of ether oxygens (including phenoxy) is 1. The number of aryl methyl sites for hydroxylation is 1. The molecular formula is C17H24FN5O. The molecule has 2 aromatic rings. The predicted octanol–water partition coefficient (Wildman–Crippen LogP) is 2.03. The molecule has 0 radical (unpaired) electrons. The molecule has 0 bridgehead atoms. The summed E-state index contributed by atoms with van der Waals surface area (Å²) in [6.45, 7) is 3.18. The Morgan fingerprint density at radius 3 is 2.92 bits per heavy atom. The summed E-state index contributed by atoms with van der Waals surface area (Å²) in [5.74, 6) is 0.969. The van der Waals surface area contributed by atoms with E-state index in [1.807, 2.05) is 38.3 Å². The van der Waals surface area contributed by atoms with Gasteiger partial charge in [-0.15, -0.1) is 0 Å². The van der Waals surface area contributed by atoms with Crippen molar-refractivity contribution >= 4 is 5.96 Å². The maximum absolute atomic E-state index is 13.2. The van der Waals surface area contributed by atoms with E-state index in [1.165, 1.54) is 12.1 Å². The van der Waals surface area contributed by atoms with E-state index < -0.39 is 0 Å². The van der Waals surface area contributed by atoms with E-state index in [4.69, 9.17) is 4.74 Å². The monoisotopic (exact) mass is 333 g/mol. The van der Waals surface area contributed by atoms with Gasteiger partial charge >= 0.3 is 0 Å². The first-order valence-electron chi connectivity index (χ1n) is 7.79. The summed E-state index contributed by atoms with van der Waals surface area (Å²) in [4.78, 5) is 6.28. The molecule has 1 N–H and O–H groups in total. The maximum Gasteiger partial charge on any atom is 0.193 e. The Morgan fingerprint density at radius 1 is 1.50 bits per heavy atom. The average molecular weight is 333 g/mol. The summed E-state index contributed by atoms with van der Waals surface area (Å²) in [6.07, 6.45) is 3.68. The zero-order chi connectivity index (χ0) is 17.5. The van der Waals surface area contributed by atoms with Gasteiger partial charge in [-0.1, -0.05) is 6.07 Å². The number of nitrogens with one attached hydrogen (secondary N) is 1. The summed E-state index contributed by atoms with van der Waals surface area (Å²) in [5.41, 5.74) is 1.10. The van der Waals surface area contributed by atoms with E-state index in [0.717, 1.165) is 11.5 Å². The van der Waals surface area contributed by atoms with Crippen LogP contribution in [0.4, 0.5) is 4.39 Å². The first kappa shape index (κ1) is 17.8. The zero-order valence-corrected chi connectivity index (χ0v) is 14.5. The molecule has 1 aromatic heterocycles. The van der Waals surface area contributed by atoms with Crippen LogP contribution in [0.2, 0.25) is 0 Å². The summed E-state index contributed by atoms with van der Waals surface area (Å²) in [7, 11) is 5.59. The Kier molecular flexibility index (Phi) is 6.17. The summed E-state index contributed by atoms with van der Waals surface area (Å²) >= 11 is 0. The fraction of sp³-hybridized carbons (Fsp3) is 0.412. The van der Waals surface area contributed by atoms with Gasteiger partial charge in [-0.25, -0.2) is 4.39 Å². The van der Waals surface area contributed by atoms with Crippen molar-refractivity contribution in [1.29, 1.82) is 0 Å². The van der Waals surface area contributed by atoms with Gasteiger partial charge in [0.05, 0.1) is 12.7 Å². The Hall–Kier alpha value is -2.57. The fourth-order valence-corrected chi connectivity index (χ4v) is 2.34. The van der Waals surface area contributed by atoms with Crippen LogP contribution in [0.25, 0.3) is 0 Å². The fourth-order valence-electron chi connectivity index (χ4n) is 2.34. The average Bonchev–Trinajstić information content (AvgIpc) is 2.93. The molecule has 0 saturated carbocycles. The van der Waals surface area contributed by atoms with Gasteiger partial charge in [0.1, 0.15) is 17.7 Å². The highest BCUT2D eigenvalue weighted by Gasteiger charge is 2.10. The molecule has 1 aromatic carbocycles. The molecule has 0 saturated heterocycles. The van der Waals surface area contributed by atoms with Gasteiger partial charge in [0.15, 0.2) is 5.96 Å². The zero-order valence-electron chi connectivity index (χ0n) is 14.5. The molecule has 24 heavy (non-hydrogen) atoms. The first-order valence-corrected chi connectivity index (χ1v) is 7.79. The first-order chi connectivity index (χ1) is 11.5. The van der Waals surface area contributed by atoms with Crippen molar-refractivity contribution in [2.24, 2.45) is 12.0 Å². The highest BCUT2D eigenvalue weighted by Crippen LogP contribution is 2.13. The Morgan fingerprint density at radius 2 is 2.29 bits per heavy atom. The van der Waals surface area contributed by atoms with Crippen LogP contribution in [-0.2, 0) is 13.6 Å². The lowest BCUT2D eigenvalue weighted by atomic mass is 10.3. The van der Waals surface area contributed by atoms with E-state index in [2.05, 4.69) is 15.4 Å². The molecule has 0 aliphatic carbocycles. The standard InChI is InChI=1S/C17H24FN5O/c1-13(24-16-7-5-6-15(18)8-16)9-20-17(19-2)22(3)11-14-10-21-23(4)12-14/h5-8,10,12-13H,9,11H2,1-4H3,(H,19,20). The van der Waals surface area contributed by atoms with Crippen molar-refractivity contribution in [2.45, 2.75) is 19.6 Å². The second-order valence-electron chi connectivity index (χ2n) is 5.69. The SMILES string of the molecule is CN=C(NCC(C)Oc1cccc(F)c1)N(C)Cc1cnn(C)c1. The molecule has 2 rings (SSSR count). The number of aromatic nitrogens is 2. The lowest BCUT2D eigenvalue weighted by Gasteiger charge is -2.23. The maximum atomic E-state index is 13.2.